The largest absolute Gasteiger partial charge is 0.305 e. The number of nitrogens with zero attached hydrogens (tertiary/aromatic N) is 2. The van der Waals surface area contributed by atoms with Crippen LogP contribution in [0.4, 0.5) is 0 Å². The Labute approximate surface area is 115 Å². The second-order valence-electron chi connectivity index (χ2n) is 3.61. The summed E-state index contributed by atoms with van der Waals surface area (Å²) in [5.41, 5.74) is 1.82. The predicted octanol–water partition coefficient (Wildman–Crippen LogP) is 2.97. The average molecular weight is 359 g/mol. The zero-order valence-corrected chi connectivity index (χ0v) is 12.4. The molecule has 0 spiro atoms. The van der Waals surface area contributed by atoms with E-state index in [0.717, 1.165) is 8.95 Å². The molecule has 4 nitrogen and oxygen atoms in total. The molecular formula is C11H9Br2N3O. The van der Waals surface area contributed by atoms with E-state index in [-0.39, 0.29) is 5.56 Å². The van der Waals surface area contributed by atoms with E-state index in [4.69, 9.17) is 0 Å². The van der Waals surface area contributed by atoms with Crippen molar-refractivity contribution in [1.29, 1.82) is 0 Å². The summed E-state index contributed by atoms with van der Waals surface area (Å²) < 4.78 is 1.64. The number of aryl methyl sites for hydroxylation is 1. The molecule has 6 heteroatoms. The lowest BCUT2D eigenvalue weighted by Crippen LogP contribution is -2.14. The van der Waals surface area contributed by atoms with E-state index in [1.54, 1.807) is 20.0 Å². The Balaban J connectivity index is 2.65. The van der Waals surface area contributed by atoms with Gasteiger partial charge < -0.3 is 4.98 Å². The van der Waals surface area contributed by atoms with Gasteiger partial charge in [-0.1, -0.05) is 0 Å². The van der Waals surface area contributed by atoms with Gasteiger partial charge in [0.1, 0.15) is 5.69 Å². The molecule has 17 heavy (non-hydrogen) atoms. The Kier molecular flexibility index (Phi) is 3.44. The first kappa shape index (κ1) is 12.4. The van der Waals surface area contributed by atoms with Crippen LogP contribution in [0.3, 0.4) is 0 Å². The molecule has 0 amide bonds. The second-order valence-corrected chi connectivity index (χ2v) is 5.38. The van der Waals surface area contributed by atoms with Crippen molar-refractivity contribution >= 4 is 31.9 Å². The van der Waals surface area contributed by atoms with E-state index in [1.165, 1.54) is 0 Å². The third kappa shape index (κ3) is 2.47. The fourth-order valence-electron chi connectivity index (χ4n) is 1.35. The number of halogens is 2. The van der Waals surface area contributed by atoms with E-state index in [1.807, 2.05) is 6.07 Å². The summed E-state index contributed by atoms with van der Waals surface area (Å²) in [6.45, 7) is 3.55. The highest BCUT2D eigenvalue weighted by atomic mass is 79.9. The van der Waals surface area contributed by atoms with Gasteiger partial charge in [0, 0.05) is 26.4 Å². The van der Waals surface area contributed by atoms with Crippen molar-refractivity contribution < 1.29 is 0 Å². The molecule has 0 aromatic carbocycles. The van der Waals surface area contributed by atoms with Crippen LogP contribution in [0, 0.1) is 13.8 Å². The first-order chi connectivity index (χ1) is 7.99. The van der Waals surface area contributed by atoms with Crippen molar-refractivity contribution in [2.24, 2.45) is 0 Å². The van der Waals surface area contributed by atoms with Crippen LogP contribution in [0.25, 0.3) is 11.5 Å². The van der Waals surface area contributed by atoms with Crippen LogP contribution in [0.1, 0.15) is 11.3 Å². The average Bonchev–Trinajstić information content (AvgIpc) is 2.25. The Morgan fingerprint density at radius 2 is 2.00 bits per heavy atom. The van der Waals surface area contributed by atoms with Gasteiger partial charge in [0.15, 0.2) is 5.82 Å². The highest BCUT2D eigenvalue weighted by Crippen LogP contribution is 2.25. The fourth-order valence-corrected chi connectivity index (χ4v) is 2.52. The molecule has 0 aliphatic heterocycles. The predicted molar refractivity (Wildman–Crippen MR) is 73.0 cm³/mol. The van der Waals surface area contributed by atoms with Gasteiger partial charge in [-0.05, 0) is 51.8 Å². The number of rotatable bonds is 1. The lowest BCUT2D eigenvalue weighted by Gasteiger charge is -2.05. The van der Waals surface area contributed by atoms with Crippen molar-refractivity contribution in [3.63, 3.8) is 0 Å². The molecule has 0 bridgehead atoms. The minimum atomic E-state index is -0.135. The van der Waals surface area contributed by atoms with Crippen LogP contribution in [-0.2, 0) is 0 Å². The highest BCUT2D eigenvalue weighted by Gasteiger charge is 2.10. The molecule has 0 saturated carbocycles. The van der Waals surface area contributed by atoms with Crippen molar-refractivity contribution in [3.05, 3.63) is 42.8 Å². The SMILES string of the molecule is Cc1nc(-c2ncc(Br)cc2Br)[nH]c(=O)c1C. The van der Waals surface area contributed by atoms with Gasteiger partial charge in [-0.3, -0.25) is 9.78 Å². The first-order valence-electron chi connectivity index (χ1n) is 4.88. The summed E-state index contributed by atoms with van der Waals surface area (Å²) in [6, 6.07) is 1.86. The first-order valence-corrected chi connectivity index (χ1v) is 6.46. The molecule has 0 aliphatic rings. The summed E-state index contributed by atoms with van der Waals surface area (Å²) in [6.07, 6.45) is 1.66. The summed E-state index contributed by atoms with van der Waals surface area (Å²) in [7, 11) is 0. The second kappa shape index (κ2) is 4.70. The van der Waals surface area contributed by atoms with E-state index >= 15 is 0 Å². The molecule has 0 radical (unpaired) electrons. The molecule has 0 saturated heterocycles. The van der Waals surface area contributed by atoms with E-state index in [9.17, 15) is 4.79 Å². The normalized spacial score (nSPS) is 10.6. The van der Waals surface area contributed by atoms with Crippen molar-refractivity contribution in [2.75, 3.05) is 0 Å². The van der Waals surface area contributed by atoms with Crippen LogP contribution in [0.5, 0.6) is 0 Å². The van der Waals surface area contributed by atoms with Gasteiger partial charge in [0.05, 0.1) is 0 Å². The van der Waals surface area contributed by atoms with E-state index in [2.05, 4.69) is 46.8 Å². The van der Waals surface area contributed by atoms with Gasteiger partial charge in [-0.25, -0.2) is 4.98 Å². The van der Waals surface area contributed by atoms with Crippen LogP contribution < -0.4 is 5.56 Å². The van der Waals surface area contributed by atoms with Crippen LogP contribution in [0.15, 0.2) is 26.0 Å². The Hall–Kier alpha value is -1.01. The fraction of sp³-hybridized carbons (Fsp3) is 0.182. The Morgan fingerprint density at radius 3 is 2.59 bits per heavy atom. The maximum absolute atomic E-state index is 11.7. The van der Waals surface area contributed by atoms with Gasteiger partial charge in [-0.2, -0.15) is 0 Å². The van der Waals surface area contributed by atoms with Crippen molar-refractivity contribution in [2.45, 2.75) is 13.8 Å². The quantitative estimate of drug-likeness (QED) is 0.852. The number of H-pyrrole nitrogens is 1. The van der Waals surface area contributed by atoms with Gasteiger partial charge >= 0.3 is 0 Å². The number of aromatic amines is 1. The maximum Gasteiger partial charge on any atom is 0.254 e. The minimum absolute atomic E-state index is 0.135. The molecule has 2 rings (SSSR count). The van der Waals surface area contributed by atoms with E-state index in [0.29, 0.717) is 22.8 Å². The number of hydrogen-bond acceptors (Lipinski definition) is 3. The molecule has 0 atom stereocenters. The molecule has 2 heterocycles. The van der Waals surface area contributed by atoms with Crippen molar-refractivity contribution in [1.82, 2.24) is 15.0 Å². The van der Waals surface area contributed by atoms with Gasteiger partial charge in [-0.15, -0.1) is 0 Å². The summed E-state index contributed by atoms with van der Waals surface area (Å²) >= 11 is 6.72. The molecule has 1 N–H and O–H groups in total. The van der Waals surface area contributed by atoms with Crippen LogP contribution in [-0.4, -0.2) is 15.0 Å². The number of hydrogen-bond donors (Lipinski definition) is 1. The summed E-state index contributed by atoms with van der Waals surface area (Å²) in [4.78, 5) is 22.9. The van der Waals surface area contributed by atoms with Crippen molar-refractivity contribution in [3.8, 4) is 11.5 Å². The minimum Gasteiger partial charge on any atom is -0.305 e. The summed E-state index contributed by atoms with van der Waals surface area (Å²) in [5.74, 6) is 0.470. The molecule has 0 unspecified atom stereocenters. The smallest absolute Gasteiger partial charge is 0.254 e. The molecular weight excluding hydrogens is 350 g/mol. The summed E-state index contributed by atoms with van der Waals surface area (Å²) in [5, 5.41) is 0. The number of aromatic nitrogens is 3. The topological polar surface area (TPSA) is 58.6 Å². The van der Waals surface area contributed by atoms with Crippen LogP contribution >= 0.6 is 31.9 Å². The highest BCUT2D eigenvalue weighted by molar-refractivity contribution is 9.11. The van der Waals surface area contributed by atoms with Gasteiger partial charge in [0.25, 0.3) is 5.56 Å². The van der Waals surface area contributed by atoms with Gasteiger partial charge in [0.2, 0.25) is 0 Å². The van der Waals surface area contributed by atoms with E-state index < -0.39 is 0 Å². The maximum atomic E-state index is 11.7. The third-order valence-corrected chi connectivity index (χ3v) is 3.47. The lowest BCUT2D eigenvalue weighted by atomic mass is 10.2. The third-order valence-electron chi connectivity index (χ3n) is 2.43. The Bertz CT molecular complexity index is 637. The lowest BCUT2D eigenvalue weighted by molar-refractivity contribution is 1.02. The standard InChI is InChI=1S/C11H9Br2N3O/c1-5-6(2)15-10(16-11(5)17)9-8(13)3-7(12)4-14-9/h3-4H,1-2H3,(H,15,16,17). The molecule has 2 aromatic rings. The monoisotopic (exact) mass is 357 g/mol. The Morgan fingerprint density at radius 1 is 1.29 bits per heavy atom. The number of pyridine rings is 1. The zero-order valence-electron chi connectivity index (χ0n) is 9.21. The number of nitrogens with one attached hydrogen (secondary N) is 1. The van der Waals surface area contributed by atoms with Crippen LogP contribution in [0.2, 0.25) is 0 Å². The molecule has 88 valence electrons. The molecule has 2 aromatic heterocycles. The molecule has 0 fully saturated rings. The molecule has 0 aliphatic carbocycles. The zero-order chi connectivity index (χ0) is 12.6.